The van der Waals surface area contributed by atoms with E-state index in [0.29, 0.717) is 12.2 Å². The highest BCUT2D eigenvalue weighted by Crippen LogP contribution is 2.22. The molecule has 0 radical (unpaired) electrons. The van der Waals surface area contributed by atoms with Gasteiger partial charge in [-0.2, -0.15) is 5.10 Å². The lowest BCUT2D eigenvalue weighted by Gasteiger charge is -2.08. The van der Waals surface area contributed by atoms with Crippen LogP contribution in [0.2, 0.25) is 0 Å². The van der Waals surface area contributed by atoms with Crippen molar-refractivity contribution in [2.45, 2.75) is 13.0 Å². The fraction of sp³-hybridized carbons (Fsp3) is 0.273. The van der Waals surface area contributed by atoms with Crippen molar-refractivity contribution in [3.63, 3.8) is 0 Å². The van der Waals surface area contributed by atoms with Crippen LogP contribution in [0.25, 0.3) is 10.6 Å². The lowest BCUT2D eigenvalue weighted by molar-refractivity contribution is 0.0936. The summed E-state index contributed by atoms with van der Waals surface area (Å²) in [5, 5.41) is 11.6. The molecule has 0 aliphatic rings. The number of hydrogen-bond donors (Lipinski definition) is 3. The summed E-state index contributed by atoms with van der Waals surface area (Å²) in [6.07, 6.45) is 0. The van der Waals surface area contributed by atoms with Crippen molar-refractivity contribution in [2.75, 3.05) is 6.54 Å². The second kappa shape index (κ2) is 5.11. The fourth-order valence-corrected chi connectivity index (χ4v) is 2.05. The quantitative estimate of drug-likeness (QED) is 0.762. The van der Waals surface area contributed by atoms with E-state index >= 15 is 0 Å². The lowest BCUT2D eigenvalue weighted by atomic mass is 10.3. The Balaban J connectivity index is 2.11. The molecule has 5 nitrogen and oxygen atoms in total. The van der Waals surface area contributed by atoms with E-state index in [4.69, 9.17) is 5.73 Å². The molecule has 2 aromatic rings. The van der Waals surface area contributed by atoms with Crippen LogP contribution in [0.15, 0.2) is 23.6 Å². The minimum atomic E-state index is -0.206. The summed E-state index contributed by atoms with van der Waals surface area (Å²) in [6.45, 7) is 2.26. The minimum absolute atomic E-state index is 0.0515. The van der Waals surface area contributed by atoms with Crippen molar-refractivity contribution in [1.29, 1.82) is 0 Å². The van der Waals surface area contributed by atoms with E-state index in [-0.39, 0.29) is 11.9 Å². The summed E-state index contributed by atoms with van der Waals surface area (Å²) in [7, 11) is 0. The molecule has 0 bridgehead atoms. The van der Waals surface area contributed by atoms with Gasteiger partial charge in [-0.15, -0.1) is 11.3 Å². The molecule has 90 valence electrons. The van der Waals surface area contributed by atoms with Crippen molar-refractivity contribution in [3.05, 3.63) is 29.3 Å². The Morgan fingerprint density at radius 2 is 2.53 bits per heavy atom. The van der Waals surface area contributed by atoms with Crippen LogP contribution < -0.4 is 11.1 Å². The maximum absolute atomic E-state index is 11.8. The highest BCUT2D eigenvalue weighted by Gasteiger charge is 2.13. The number of hydrogen-bond acceptors (Lipinski definition) is 4. The van der Waals surface area contributed by atoms with E-state index in [0.717, 1.165) is 10.6 Å². The maximum Gasteiger partial charge on any atom is 0.272 e. The molecule has 17 heavy (non-hydrogen) atoms. The van der Waals surface area contributed by atoms with Crippen molar-refractivity contribution >= 4 is 17.2 Å². The lowest BCUT2D eigenvalue weighted by Crippen LogP contribution is -2.37. The zero-order chi connectivity index (χ0) is 12.3. The third-order valence-electron chi connectivity index (χ3n) is 2.33. The van der Waals surface area contributed by atoms with Crippen LogP contribution in [0.1, 0.15) is 17.4 Å². The van der Waals surface area contributed by atoms with Gasteiger partial charge < -0.3 is 11.1 Å². The number of carbonyl (C=O) groups is 1. The first-order valence-electron chi connectivity index (χ1n) is 5.31. The Bertz CT molecular complexity index is 491. The summed E-state index contributed by atoms with van der Waals surface area (Å²) < 4.78 is 0. The van der Waals surface area contributed by atoms with Crippen molar-refractivity contribution in [2.24, 2.45) is 5.73 Å². The zero-order valence-electron chi connectivity index (χ0n) is 9.43. The average Bonchev–Trinajstić information content (AvgIpc) is 2.98. The Labute approximate surface area is 103 Å². The molecule has 0 fully saturated rings. The van der Waals surface area contributed by atoms with Gasteiger partial charge in [0.1, 0.15) is 0 Å². The molecule has 1 amide bonds. The first kappa shape index (κ1) is 11.8. The molecule has 4 N–H and O–H groups in total. The van der Waals surface area contributed by atoms with Crippen LogP contribution in [0.5, 0.6) is 0 Å². The predicted octanol–water partition coefficient (Wildman–Crippen LogP) is 1.22. The van der Waals surface area contributed by atoms with Gasteiger partial charge in [-0.05, 0) is 24.4 Å². The van der Waals surface area contributed by atoms with Gasteiger partial charge in [0.2, 0.25) is 0 Å². The number of H-pyrrole nitrogens is 1. The topological polar surface area (TPSA) is 83.8 Å². The first-order valence-corrected chi connectivity index (χ1v) is 6.19. The number of thiophene rings is 1. The molecule has 6 heteroatoms. The van der Waals surface area contributed by atoms with E-state index < -0.39 is 0 Å². The number of carbonyl (C=O) groups excluding carboxylic acids is 1. The van der Waals surface area contributed by atoms with Crippen LogP contribution in [-0.4, -0.2) is 28.7 Å². The van der Waals surface area contributed by atoms with Crippen LogP contribution in [0.3, 0.4) is 0 Å². The minimum Gasteiger partial charge on any atom is -0.347 e. The van der Waals surface area contributed by atoms with Crippen molar-refractivity contribution in [3.8, 4) is 10.6 Å². The van der Waals surface area contributed by atoms with Gasteiger partial charge in [0, 0.05) is 12.6 Å². The molecule has 0 saturated carbocycles. The van der Waals surface area contributed by atoms with Gasteiger partial charge in [0.25, 0.3) is 5.91 Å². The molecule has 0 spiro atoms. The average molecular weight is 250 g/mol. The van der Waals surface area contributed by atoms with Crippen LogP contribution >= 0.6 is 11.3 Å². The molecule has 2 rings (SSSR count). The monoisotopic (exact) mass is 250 g/mol. The van der Waals surface area contributed by atoms with Gasteiger partial charge in [-0.1, -0.05) is 6.07 Å². The van der Waals surface area contributed by atoms with Gasteiger partial charge in [-0.3, -0.25) is 9.89 Å². The van der Waals surface area contributed by atoms with Crippen LogP contribution in [0, 0.1) is 0 Å². The molecular weight excluding hydrogens is 236 g/mol. The van der Waals surface area contributed by atoms with Crippen LogP contribution in [-0.2, 0) is 0 Å². The van der Waals surface area contributed by atoms with Gasteiger partial charge in [0.05, 0.1) is 10.6 Å². The van der Waals surface area contributed by atoms with Crippen LogP contribution in [0.4, 0.5) is 0 Å². The first-order chi connectivity index (χ1) is 8.20. The SMILES string of the molecule is C[C@@H](CN)NC(=O)c1cc(-c2cccs2)[nH]n1. The molecule has 1 atom stereocenters. The summed E-state index contributed by atoms with van der Waals surface area (Å²) in [6, 6.07) is 5.62. The number of nitrogens with zero attached hydrogens (tertiary/aromatic N) is 1. The Hall–Kier alpha value is -1.66. The standard InChI is InChI=1S/C11H14N4OS/c1-7(6-12)13-11(16)9-5-8(14-15-9)10-3-2-4-17-10/h2-5,7H,6,12H2,1H3,(H,13,16)(H,14,15)/t7-/m0/s1. The zero-order valence-corrected chi connectivity index (χ0v) is 10.3. The Morgan fingerprint density at radius 1 is 1.71 bits per heavy atom. The summed E-state index contributed by atoms with van der Waals surface area (Å²) in [5.74, 6) is -0.206. The third-order valence-corrected chi connectivity index (χ3v) is 3.23. The number of amides is 1. The summed E-state index contributed by atoms with van der Waals surface area (Å²) in [4.78, 5) is 12.8. The normalized spacial score (nSPS) is 12.4. The third kappa shape index (κ3) is 2.72. The molecule has 0 saturated heterocycles. The number of rotatable bonds is 4. The summed E-state index contributed by atoms with van der Waals surface area (Å²) in [5.41, 5.74) is 6.67. The van der Waals surface area contributed by atoms with E-state index in [2.05, 4.69) is 15.5 Å². The second-order valence-corrected chi connectivity index (χ2v) is 4.70. The van der Waals surface area contributed by atoms with E-state index in [9.17, 15) is 4.79 Å². The number of aromatic amines is 1. The van der Waals surface area contributed by atoms with E-state index in [1.54, 1.807) is 17.4 Å². The largest absolute Gasteiger partial charge is 0.347 e. The predicted molar refractivity (Wildman–Crippen MR) is 67.9 cm³/mol. The van der Waals surface area contributed by atoms with Crippen molar-refractivity contribution < 1.29 is 4.79 Å². The van der Waals surface area contributed by atoms with Gasteiger partial charge in [-0.25, -0.2) is 0 Å². The summed E-state index contributed by atoms with van der Waals surface area (Å²) >= 11 is 1.60. The van der Waals surface area contributed by atoms with Crippen molar-refractivity contribution in [1.82, 2.24) is 15.5 Å². The molecular formula is C11H14N4OS. The maximum atomic E-state index is 11.8. The number of aromatic nitrogens is 2. The number of nitrogens with two attached hydrogens (primary N) is 1. The molecule has 0 aromatic carbocycles. The Kier molecular flexibility index (Phi) is 3.55. The van der Waals surface area contributed by atoms with E-state index in [1.165, 1.54) is 0 Å². The fourth-order valence-electron chi connectivity index (χ4n) is 1.35. The molecule has 0 aliphatic heterocycles. The highest BCUT2D eigenvalue weighted by molar-refractivity contribution is 7.13. The van der Waals surface area contributed by atoms with E-state index in [1.807, 2.05) is 24.4 Å². The smallest absolute Gasteiger partial charge is 0.272 e. The second-order valence-electron chi connectivity index (χ2n) is 3.75. The highest BCUT2D eigenvalue weighted by atomic mass is 32.1. The molecule has 0 aliphatic carbocycles. The molecule has 2 heterocycles. The molecule has 0 unspecified atom stereocenters. The Morgan fingerprint density at radius 3 is 3.18 bits per heavy atom. The number of nitrogens with one attached hydrogen (secondary N) is 2. The van der Waals surface area contributed by atoms with Gasteiger partial charge in [0.15, 0.2) is 5.69 Å². The molecule has 2 aromatic heterocycles. The van der Waals surface area contributed by atoms with Gasteiger partial charge >= 0.3 is 0 Å².